The van der Waals surface area contributed by atoms with E-state index < -0.39 is 4.92 Å². The van der Waals surface area contributed by atoms with Crippen molar-refractivity contribution in [1.82, 2.24) is 9.88 Å². The molecular formula is C14H21BrN4O2. The van der Waals surface area contributed by atoms with E-state index in [9.17, 15) is 10.1 Å². The molecular weight excluding hydrogens is 336 g/mol. The van der Waals surface area contributed by atoms with Crippen LogP contribution in [0.2, 0.25) is 0 Å². The van der Waals surface area contributed by atoms with Gasteiger partial charge in [-0.05, 0) is 55.6 Å². The minimum atomic E-state index is -0.408. The summed E-state index contributed by atoms with van der Waals surface area (Å²) in [5, 5.41) is 14.2. The van der Waals surface area contributed by atoms with Gasteiger partial charge in [0.25, 0.3) is 5.69 Å². The van der Waals surface area contributed by atoms with Gasteiger partial charge in [-0.15, -0.1) is 0 Å². The second kappa shape index (κ2) is 6.70. The van der Waals surface area contributed by atoms with Crippen molar-refractivity contribution in [2.75, 3.05) is 25.0 Å². The fourth-order valence-electron chi connectivity index (χ4n) is 2.62. The summed E-state index contributed by atoms with van der Waals surface area (Å²) in [7, 11) is 0. The second-order valence-corrected chi connectivity index (χ2v) is 6.61. The lowest BCUT2D eigenvalue weighted by Gasteiger charge is -2.20. The zero-order valence-corrected chi connectivity index (χ0v) is 14.2. The second-order valence-electron chi connectivity index (χ2n) is 5.81. The van der Waals surface area contributed by atoms with E-state index in [4.69, 9.17) is 0 Å². The Morgan fingerprint density at radius 1 is 1.62 bits per heavy atom. The molecule has 0 spiro atoms. The van der Waals surface area contributed by atoms with E-state index >= 15 is 0 Å². The maximum atomic E-state index is 10.9. The van der Waals surface area contributed by atoms with Gasteiger partial charge in [0.1, 0.15) is 12.0 Å². The molecule has 1 aromatic rings. The molecule has 0 amide bonds. The SMILES string of the molecule is Cc1c([N+](=O)[O-])cnc(NCC2CCN(C(C)C)C2)c1Br. The molecule has 1 N–H and O–H groups in total. The molecule has 1 aliphatic heterocycles. The van der Waals surface area contributed by atoms with Crippen LogP contribution in [0.3, 0.4) is 0 Å². The van der Waals surface area contributed by atoms with E-state index in [1.54, 1.807) is 6.92 Å². The first kappa shape index (κ1) is 16.2. The highest BCUT2D eigenvalue weighted by atomic mass is 79.9. The molecule has 2 rings (SSSR count). The van der Waals surface area contributed by atoms with Gasteiger partial charge >= 0.3 is 0 Å². The van der Waals surface area contributed by atoms with Crippen LogP contribution in [-0.4, -0.2) is 40.5 Å². The van der Waals surface area contributed by atoms with Gasteiger partial charge in [0, 0.05) is 24.7 Å². The first-order chi connectivity index (χ1) is 9.90. The summed E-state index contributed by atoms with van der Waals surface area (Å²) in [6.45, 7) is 9.23. The molecule has 0 aliphatic carbocycles. The van der Waals surface area contributed by atoms with Crippen LogP contribution >= 0.6 is 15.9 Å². The Morgan fingerprint density at radius 3 is 2.90 bits per heavy atom. The summed E-state index contributed by atoms with van der Waals surface area (Å²) in [4.78, 5) is 17.1. The van der Waals surface area contributed by atoms with Gasteiger partial charge in [0.2, 0.25) is 0 Å². The fourth-order valence-corrected chi connectivity index (χ4v) is 3.06. The van der Waals surface area contributed by atoms with E-state index in [1.807, 2.05) is 0 Å². The number of nitrogens with one attached hydrogen (secondary N) is 1. The molecule has 116 valence electrons. The van der Waals surface area contributed by atoms with Crippen molar-refractivity contribution in [2.24, 2.45) is 5.92 Å². The van der Waals surface area contributed by atoms with Gasteiger partial charge < -0.3 is 10.2 Å². The number of pyridine rings is 1. The molecule has 1 aliphatic rings. The van der Waals surface area contributed by atoms with Gasteiger partial charge in [-0.3, -0.25) is 10.1 Å². The number of nitrogens with zero attached hydrogens (tertiary/aromatic N) is 3. The van der Waals surface area contributed by atoms with Gasteiger partial charge in [-0.25, -0.2) is 4.98 Å². The monoisotopic (exact) mass is 356 g/mol. The number of nitro groups is 1. The molecule has 0 saturated carbocycles. The minimum absolute atomic E-state index is 0.0410. The molecule has 0 bridgehead atoms. The minimum Gasteiger partial charge on any atom is -0.369 e. The summed E-state index contributed by atoms with van der Waals surface area (Å²) < 4.78 is 0.676. The maximum absolute atomic E-state index is 10.9. The normalized spacial score (nSPS) is 19.2. The molecule has 0 aromatic carbocycles. The van der Waals surface area contributed by atoms with Gasteiger partial charge in [-0.1, -0.05) is 0 Å². The van der Waals surface area contributed by atoms with Crippen molar-refractivity contribution in [2.45, 2.75) is 33.2 Å². The predicted octanol–water partition coefficient (Wildman–Crippen LogP) is 3.20. The molecule has 1 saturated heterocycles. The van der Waals surface area contributed by atoms with Gasteiger partial charge in [0.15, 0.2) is 0 Å². The Labute approximate surface area is 133 Å². The molecule has 0 radical (unpaired) electrons. The number of aromatic nitrogens is 1. The molecule has 1 aromatic heterocycles. The van der Waals surface area contributed by atoms with Crippen LogP contribution in [0.5, 0.6) is 0 Å². The summed E-state index contributed by atoms with van der Waals surface area (Å²) in [6.07, 6.45) is 2.49. The number of anilines is 1. The maximum Gasteiger partial charge on any atom is 0.291 e. The number of halogens is 1. The van der Waals surface area contributed by atoms with Crippen LogP contribution in [0.4, 0.5) is 11.5 Å². The lowest BCUT2D eigenvalue weighted by molar-refractivity contribution is -0.385. The van der Waals surface area contributed by atoms with Crippen molar-refractivity contribution in [3.63, 3.8) is 0 Å². The lowest BCUT2D eigenvalue weighted by atomic mass is 10.1. The molecule has 1 atom stereocenters. The molecule has 21 heavy (non-hydrogen) atoms. The standard InChI is InChI=1S/C14H21BrN4O2/c1-9(2)18-5-4-11(8-18)6-16-14-13(15)10(3)12(7-17-14)19(20)21/h7,9,11H,4-6,8H2,1-3H3,(H,16,17). The zero-order chi connectivity index (χ0) is 15.6. The Bertz CT molecular complexity index is 536. The molecule has 2 heterocycles. The number of likely N-dealkylation sites (tertiary alicyclic amines) is 1. The first-order valence-electron chi connectivity index (χ1n) is 7.17. The van der Waals surface area contributed by atoms with E-state index in [2.05, 4.69) is 45.0 Å². The van der Waals surface area contributed by atoms with Crippen molar-refractivity contribution in [1.29, 1.82) is 0 Å². The number of hydrogen-bond donors (Lipinski definition) is 1. The summed E-state index contributed by atoms with van der Waals surface area (Å²) >= 11 is 3.40. The van der Waals surface area contributed by atoms with E-state index in [0.717, 1.165) is 19.6 Å². The highest BCUT2D eigenvalue weighted by Crippen LogP contribution is 2.31. The van der Waals surface area contributed by atoms with Crippen LogP contribution in [0.25, 0.3) is 0 Å². The highest BCUT2D eigenvalue weighted by molar-refractivity contribution is 9.10. The first-order valence-corrected chi connectivity index (χ1v) is 7.96. The van der Waals surface area contributed by atoms with Crippen LogP contribution < -0.4 is 5.32 Å². The predicted molar refractivity (Wildman–Crippen MR) is 86.6 cm³/mol. The topological polar surface area (TPSA) is 71.3 Å². The Kier molecular flexibility index (Phi) is 5.16. The van der Waals surface area contributed by atoms with Crippen molar-refractivity contribution in [3.05, 3.63) is 26.3 Å². The van der Waals surface area contributed by atoms with Gasteiger partial charge in [0.05, 0.1) is 9.40 Å². The summed E-state index contributed by atoms with van der Waals surface area (Å²) in [5.74, 6) is 1.28. The largest absolute Gasteiger partial charge is 0.369 e. The molecule has 1 unspecified atom stereocenters. The average Bonchev–Trinajstić information content (AvgIpc) is 2.89. The van der Waals surface area contributed by atoms with Crippen molar-refractivity contribution < 1.29 is 4.92 Å². The zero-order valence-electron chi connectivity index (χ0n) is 12.6. The number of rotatable bonds is 5. The molecule has 1 fully saturated rings. The van der Waals surface area contributed by atoms with Crippen molar-refractivity contribution in [3.8, 4) is 0 Å². The Balaban J connectivity index is 1.98. The number of hydrogen-bond acceptors (Lipinski definition) is 5. The van der Waals surface area contributed by atoms with E-state index in [1.165, 1.54) is 12.6 Å². The third-order valence-electron chi connectivity index (χ3n) is 4.04. The Hall–Kier alpha value is -1.21. The van der Waals surface area contributed by atoms with E-state index in [-0.39, 0.29) is 5.69 Å². The summed E-state index contributed by atoms with van der Waals surface area (Å²) in [6, 6.07) is 0.585. The Morgan fingerprint density at radius 2 is 2.33 bits per heavy atom. The van der Waals surface area contributed by atoms with Crippen LogP contribution in [0.1, 0.15) is 25.8 Å². The van der Waals surface area contributed by atoms with Crippen molar-refractivity contribution >= 4 is 27.4 Å². The lowest BCUT2D eigenvalue weighted by Crippen LogP contribution is -2.29. The smallest absolute Gasteiger partial charge is 0.291 e. The quantitative estimate of drug-likeness (QED) is 0.647. The van der Waals surface area contributed by atoms with Crippen LogP contribution in [0.15, 0.2) is 10.7 Å². The molecule has 7 heteroatoms. The van der Waals surface area contributed by atoms with Gasteiger partial charge in [-0.2, -0.15) is 0 Å². The third kappa shape index (κ3) is 3.71. The van der Waals surface area contributed by atoms with Crippen LogP contribution in [0, 0.1) is 23.0 Å². The van der Waals surface area contributed by atoms with Crippen LogP contribution in [-0.2, 0) is 0 Å². The fraction of sp³-hybridized carbons (Fsp3) is 0.643. The highest BCUT2D eigenvalue weighted by Gasteiger charge is 2.24. The molecule has 6 nitrogen and oxygen atoms in total. The average molecular weight is 357 g/mol. The summed E-state index contributed by atoms with van der Waals surface area (Å²) in [5.41, 5.74) is 0.645. The van der Waals surface area contributed by atoms with E-state index in [0.29, 0.717) is 27.8 Å². The third-order valence-corrected chi connectivity index (χ3v) is 5.01.